The third kappa shape index (κ3) is 3.52. The zero-order valence-corrected chi connectivity index (χ0v) is 13.8. The van der Waals surface area contributed by atoms with Crippen LogP contribution in [0.4, 0.5) is 11.6 Å². The second-order valence-corrected chi connectivity index (χ2v) is 5.31. The molecule has 2 aromatic heterocycles. The van der Waals surface area contributed by atoms with Gasteiger partial charge in [0.15, 0.2) is 0 Å². The molecule has 0 saturated carbocycles. The molecule has 9 heteroatoms. The van der Waals surface area contributed by atoms with Crippen LogP contribution >= 0.6 is 23.2 Å². The molecule has 1 N–H and O–H groups in total. The van der Waals surface area contributed by atoms with Crippen LogP contribution in [0.5, 0.6) is 5.75 Å². The van der Waals surface area contributed by atoms with Gasteiger partial charge in [-0.25, -0.2) is 4.98 Å². The number of nitrogens with one attached hydrogen (secondary N) is 1. The van der Waals surface area contributed by atoms with Crippen LogP contribution in [-0.2, 0) is 0 Å². The van der Waals surface area contributed by atoms with Crippen molar-refractivity contribution >= 4 is 34.8 Å². The molecule has 0 aliphatic heterocycles. The lowest BCUT2D eigenvalue weighted by molar-refractivity contribution is 0.413. The molecular weight excluding hydrogens is 339 g/mol. The van der Waals surface area contributed by atoms with Gasteiger partial charge in [0.05, 0.1) is 24.8 Å². The molecule has 0 atom stereocenters. The Morgan fingerprint density at radius 2 is 1.87 bits per heavy atom. The molecule has 1 aromatic carbocycles. The van der Waals surface area contributed by atoms with E-state index in [0.29, 0.717) is 5.75 Å². The second-order valence-electron chi connectivity index (χ2n) is 4.63. The van der Waals surface area contributed by atoms with E-state index >= 15 is 0 Å². The van der Waals surface area contributed by atoms with E-state index in [1.165, 1.54) is 0 Å². The number of methoxy groups -OCH3 is 1. The maximum atomic E-state index is 5.76. The van der Waals surface area contributed by atoms with Crippen molar-refractivity contribution in [1.82, 2.24) is 24.5 Å². The topological polar surface area (TPSA) is 77.8 Å². The molecule has 0 unspecified atom stereocenters. The van der Waals surface area contributed by atoms with E-state index in [1.54, 1.807) is 13.4 Å². The summed E-state index contributed by atoms with van der Waals surface area (Å²) in [4.78, 5) is 15.8. The number of aryl methyl sites for hydroxylation is 1. The van der Waals surface area contributed by atoms with Crippen LogP contribution in [0, 0.1) is 6.92 Å². The maximum absolute atomic E-state index is 5.76. The molecule has 0 fully saturated rings. The molecule has 0 bridgehead atoms. The number of aromatic nitrogens is 5. The normalized spacial score (nSPS) is 10.6. The van der Waals surface area contributed by atoms with E-state index in [1.807, 2.05) is 35.9 Å². The molecule has 0 aliphatic carbocycles. The van der Waals surface area contributed by atoms with Crippen molar-refractivity contribution < 1.29 is 4.74 Å². The minimum absolute atomic E-state index is 0.0185. The van der Waals surface area contributed by atoms with Gasteiger partial charge in [-0.1, -0.05) is 0 Å². The number of anilines is 2. The van der Waals surface area contributed by atoms with Crippen molar-refractivity contribution in [3.05, 3.63) is 47.0 Å². The third-order valence-corrected chi connectivity index (χ3v) is 3.34. The number of nitrogens with zero attached hydrogens (tertiary/aromatic N) is 5. The minimum Gasteiger partial charge on any atom is -0.494 e. The van der Waals surface area contributed by atoms with Crippen molar-refractivity contribution in [2.24, 2.45) is 0 Å². The molecule has 0 amide bonds. The van der Waals surface area contributed by atoms with Gasteiger partial charge >= 0.3 is 0 Å². The fourth-order valence-electron chi connectivity index (χ4n) is 2.03. The summed E-state index contributed by atoms with van der Waals surface area (Å²) in [6, 6.07) is 5.57. The van der Waals surface area contributed by atoms with Gasteiger partial charge in [-0.15, -0.1) is 0 Å². The predicted molar refractivity (Wildman–Crippen MR) is 88.0 cm³/mol. The van der Waals surface area contributed by atoms with E-state index in [4.69, 9.17) is 27.9 Å². The van der Waals surface area contributed by atoms with E-state index in [2.05, 4.69) is 25.3 Å². The van der Waals surface area contributed by atoms with E-state index < -0.39 is 0 Å². The van der Waals surface area contributed by atoms with Gasteiger partial charge in [-0.2, -0.15) is 15.0 Å². The Balaban J connectivity index is 1.92. The van der Waals surface area contributed by atoms with Crippen LogP contribution in [0.1, 0.15) is 5.69 Å². The Hall–Kier alpha value is -2.38. The first-order valence-corrected chi connectivity index (χ1v) is 7.34. The number of imidazole rings is 1. The largest absolute Gasteiger partial charge is 0.494 e. The Bertz CT molecular complexity index is 831. The number of hydrogen-bond acceptors (Lipinski definition) is 6. The molecule has 0 radical (unpaired) electrons. The van der Waals surface area contributed by atoms with Gasteiger partial charge in [-0.05, 0) is 42.3 Å². The summed E-state index contributed by atoms with van der Waals surface area (Å²) in [5, 5.41) is 3.05. The smallest absolute Gasteiger partial charge is 0.232 e. The summed E-state index contributed by atoms with van der Waals surface area (Å²) in [5.41, 5.74) is 2.51. The zero-order valence-electron chi connectivity index (χ0n) is 12.3. The third-order valence-electron chi connectivity index (χ3n) is 3.01. The molecule has 0 spiro atoms. The molecule has 23 heavy (non-hydrogen) atoms. The highest BCUT2D eigenvalue weighted by molar-refractivity contribution is 6.31. The Morgan fingerprint density at radius 3 is 2.48 bits per heavy atom. The lowest BCUT2D eigenvalue weighted by Gasteiger charge is -2.12. The summed E-state index contributed by atoms with van der Waals surface area (Å²) < 4.78 is 7.32. The van der Waals surface area contributed by atoms with Gasteiger partial charge in [0.2, 0.25) is 16.5 Å². The fourth-order valence-corrected chi connectivity index (χ4v) is 2.40. The number of ether oxygens (including phenoxy) is 1. The lowest BCUT2D eigenvalue weighted by atomic mass is 10.2. The van der Waals surface area contributed by atoms with Crippen molar-refractivity contribution in [2.45, 2.75) is 6.92 Å². The molecule has 0 aliphatic rings. The van der Waals surface area contributed by atoms with Crippen molar-refractivity contribution in [3.63, 3.8) is 0 Å². The Morgan fingerprint density at radius 1 is 1.13 bits per heavy atom. The zero-order chi connectivity index (χ0) is 16.4. The number of benzene rings is 1. The van der Waals surface area contributed by atoms with Crippen LogP contribution in [0.25, 0.3) is 5.69 Å². The summed E-state index contributed by atoms with van der Waals surface area (Å²) >= 11 is 11.5. The maximum Gasteiger partial charge on any atom is 0.232 e. The van der Waals surface area contributed by atoms with E-state index in [9.17, 15) is 0 Å². The molecule has 118 valence electrons. The lowest BCUT2D eigenvalue weighted by Crippen LogP contribution is -2.01. The average molecular weight is 351 g/mol. The number of hydrogen-bond donors (Lipinski definition) is 1. The highest BCUT2D eigenvalue weighted by Gasteiger charge is 2.09. The summed E-state index contributed by atoms with van der Waals surface area (Å²) in [6.45, 7) is 1.92. The van der Waals surface area contributed by atoms with Crippen molar-refractivity contribution in [1.29, 1.82) is 0 Å². The summed E-state index contributed by atoms with van der Waals surface area (Å²) in [6.07, 6.45) is 3.64. The Kier molecular flexibility index (Phi) is 4.31. The number of halogens is 2. The summed E-state index contributed by atoms with van der Waals surface area (Å²) in [7, 11) is 1.60. The predicted octanol–water partition coefficient (Wildman–Crippen LogP) is 3.42. The van der Waals surface area contributed by atoms with E-state index in [0.717, 1.165) is 17.1 Å². The molecule has 2 heterocycles. The minimum atomic E-state index is 0.0185. The van der Waals surface area contributed by atoms with Gasteiger partial charge in [-0.3, -0.25) is 0 Å². The molecular formula is C14H12Cl2N6O. The molecule has 3 aromatic rings. The van der Waals surface area contributed by atoms with Crippen molar-refractivity contribution in [3.8, 4) is 11.4 Å². The second kappa shape index (κ2) is 6.39. The average Bonchev–Trinajstić information content (AvgIpc) is 2.92. The quantitative estimate of drug-likeness (QED) is 0.776. The first-order valence-electron chi connectivity index (χ1n) is 6.58. The van der Waals surface area contributed by atoms with Gasteiger partial charge in [0.25, 0.3) is 0 Å². The Labute approximate surface area is 142 Å². The van der Waals surface area contributed by atoms with Gasteiger partial charge in [0, 0.05) is 18.0 Å². The van der Waals surface area contributed by atoms with Crippen LogP contribution in [-0.4, -0.2) is 31.6 Å². The fraction of sp³-hybridized carbons (Fsp3) is 0.143. The van der Waals surface area contributed by atoms with Gasteiger partial charge in [0.1, 0.15) is 5.75 Å². The van der Waals surface area contributed by atoms with Crippen LogP contribution in [0.15, 0.2) is 30.7 Å². The molecule has 3 rings (SSSR count). The molecule has 7 nitrogen and oxygen atoms in total. The summed E-state index contributed by atoms with van der Waals surface area (Å²) in [5.74, 6) is 0.918. The monoisotopic (exact) mass is 350 g/mol. The standard InChI is InChI=1S/C14H12Cl2N6O/c1-8-6-22(7-17-8)10-4-3-9(5-11(10)23-2)18-14-20-12(15)19-13(16)21-14/h3-7H,1-2H3,(H,18,19,20,21). The van der Waals surface area contributed by atoms with E-state index in [-0.39, 0.29) is 16.5 Å². The van der Waals surface area contributed by atoms with Crippen LogP contribution < -0.4 is 10.1 Å². The SMILES string of the molecule is COc1cc(Nc2nc(Cl)nc(Cl)n2)ccc1-n1cnc(C)c1. The molecule has 0 saturated heterocycles. The number of rotatable bonds is 4. The first kappa shape index (κ1) is 15.5. The van der Waals surface area contributed by atoms with Crippen molar-refractivity contribution in [2.75, 3.05) is 12.4 Å². The highest BCUT2D eigenvalue weighted by atomic mass is 35.5. The first-order chi connectivity index (χ1) is 11.0. The highest BCUT2D eigenvalue weighted by Crippen LogP contribution is 2.28. The van der Waals surface area contributed by atoms with Crippen LogP contribution in [0.3, 0.4) is 0 Å². The van der Waals surface area contributed by atoms with Gasteiger partial charge < -0.3 is 14.6 Å². The van der Waals surface area contributed by atoms with Crippen LogP contribution in [0.2, 0.25) is 10.6 Å².